The Morgan fingerprint density at radius 2 is 1.90 bits per heavy atom. The lowest BCUT2D eigenvalue weighted by molar-refractivity contribution is 0.210. The van der Waals surface area contributed by atoms with E-state index >= 15 is 0 Å². The molecule has 2 aromatic carbocycles. The van der Waals surface area contributed by atoms with Crippen molar-refractivity contribution in [2.45, 2.75) is 26.4 Å². The molecule has 2 aromatic rings. The maximum absolute atomic E-state index is 13.1. The van der Waals surface area contributed by atoms with Crippen molar-refractivity contribution in [3.05, 3.63) is 58.9 Å². The molecule has 0 bridgehead atoms. The molecular weight excluding hydrogens is 289 g/mol. The van der Waals surface area contributed by atoms with Crippen LogP contribution in [0.25, 0.3) is 0 Å². The predicted molar refractivity (Wildman–Crippen MR) is 85.8 cm³/mol. The van der Waals surface area contributed by atoms with Gasteiger partial charge in [-0.15, -0.1) is 0 Å². The number of ether oxygens (including phenoxy) is 1. The van der Waals surface area contributed by atoms with Gasteiger partial charge < -0.3 is 10.1 Å². The van der Waals surface area contributed by atoms with Crippen molar-refractivity contribution in [1.29, 1.82) is 0 Å². The molecule has 2 nitrogen and oxygen atoms in total. The van der Waals surface area contributed by atoms with Crippen molar-refractivity contribution in [1.82, 2.24) is 0 Å². The highest BCUT2D eigenvalue weighted by Gasteiger charge is 2.09. The molecule has 1 N–H and O–H groups in total. The largest absolute Gasteiger partial charge is 0.489 e. The second kappa shape index (κ2) is 7.32. The number of aryl methyl sites for hydroxylation is 1. The van der Waals surface area contributed by atoms with Crippen LogP contribution in [0, 0.1) is 12.7 Å². The molecule has 1 atom stereocenters. The fourth-order valence-electron chi connectivity index (χ4n) is 1.92. The summed E-state index contributed by atoms with van der Waals surface area (Å²) in [5, 5.41) is 3.34. The van der Waals surface area contributed by atoms with Gasteiger partial charge in [0.15, 0.2) is 0 Å². The van der Waals surface area contributed by atoms with E-state index in [1.54, 1.807) is 12.1 Å². The lowest BCUT2D eigenvalue weighted by Gasteiger charge is -2.19. The predicted octanol–water partition coefficient (Wildman–Crippen LogP) is 5.06. The number of halogens is 2. The normalized spacial score (nSPS) is 12.0. The number of benzene rings is 2. The molecule has 0 saturated heterocycles. The average Bonchev–Trinajstić information content (AvgIpc) is 2.49. The number of anilines is 1. The van der Waals surface area contributed by atoms with Crippen LogP contribution in [0.5, 0.6) is 5.75 Å². The summed E-state index contributed by atoms with van der Waals surface area (Å²) in [6.07, 6.45) is 0.909. The van der Waals surface area contributed by atoms with Crippen molar-refractivity contribution in [3.8, 4) is 5.75 Å². The molecule has 2 rings (SSSR count). The van der Waals surface area contributed by atoms with E-state index in [1.807, 2.05) is 31.2 Å². The molecule has 4 heteroatoms. The van der Waals surface area contributed by atoms with Gasteiger partial charge in [-0.3, -0.25) is 0 Å². The van der Waals surface area contributed by atoms with Crippen molar-refractivity contribution in [3.63, 3.8) is 0 Å². The van der Waals surface area contributed by atoms with Gasteiger partial charge in [-0.2, -0.15) is 0 Å². The molecule has 21 heavy (non-hydrogen) atoms. The minimum Gasteiger partial charge on any atom is -0.489 e. The number of hydrogen-bond acceptors (Lipinski definition) is 2. The molecule has 0 heterocycles. The Morgan fingerprint density at radius 1 is 1.19 bits per heavy atom. The average molecular weight is 308 g/mol. The minimum atomic E-state index is -0.412. The zero-order valence-corrected chi connectivity index (χ0v) is 13.0. The summed E-state index contributed by atoms with van der Waals surface area (Å²) >= 11 is 5.76. The van der Waals surface area contributed by atoms with Gasteiger partial charge in [-0.25, -0.2) is 4.39 Å². The van der Waals surface area contributed by atoms with Gasteiger partial charge in [-0.1, -0.05) is 36.2 Å². The smallest absolute Gasteiger partial charge is 0.141 e. The third-order valence-electron chi connectivity index (χ3n) is 3.23. The number of rotatable bonds is 6. The van der Waals surface area contributed by atoms with E-state index in [-0.39, 0.29) is 11.1 Å². The van der Waals surface area contributed by atoms with Gasteiger partial charge >= 0.3 is 0 Å². The van der Waals surface area contributed by atoms with Crippen LogP contribution in [0.4, 0.5) is 10.1 Å². The first-order chi connectivity index (χ1) is 10.1. The molecule has 0 aliphatic heterocycles. The summed E-state index contributed by atoms with van der Waals surface area (Å²) < 4.78 is 19.0. The number of nitrogens with one attached hydrogen (secondary N) is 1. The second-order valence-electron chi connectivity index (χ2n) is 4.97. The van der Waals surface area contributed by atoms with Crippen molar-refractivity contribution >= 4 is 17.3 Å². The summed E-state index contributed by atoms with van der Waals surface area (Å²) in [5.74, 6) is 0.441. The molecule has 112 valence electrons. The van der Waals surface area contributed by atoms with Gasteiger partial charge in [0.25, 0.3) is 0 Å². The van der Waals surface area contributed by atoms with E-state index in [0.717, 1.165) is 17.9 Å². The van der Waals surface area contributed by atoms with Crippen molar-refractivity contribution in [2.24, 2.45) is 0 Å². The first-order valence-corrected chi connectivity index (χ1v) is 7.38. The molecule has 0 fully saturated rings. The Morgan fingerprint density at radius 3 is 2.52 bits per heavy atom. The maximum Gasteiger partial charge on any atom is 0.141 e. The first-order valence-electron chi connectivity index (χ1n) is 7.00. The third-order valence-corrected chi connectivity index (χ3v) is 3.52. The topological polar surface area (TPSA) is 21.3 Å². The van der Waals surface area contributed by atoms with Crippen molar-refractivity contribution < 1.29 is 9.13 Å². The maximum atomic E-state index is 13.1. The van der Waals surface area contributed by atoms with Gasteiger partial charge in [-0.05, 0) is 43.7 Å². The summed E-state index contributed by atoms with van der Waals surface area (Å²) in [6.45, 7) is 4.74. The van der Waals surface area contributed by atoms with Gasteiger partial charge in [0, 0.05) is 5.69 Å². The molecule has 1 unspecified atom stereocenters. The Labute approximate surface area is 129 Å². The van der Waals surface area contributed by atoms with E-state index in [4.69, 9.17) is 16.3 Å². The second-order valence-corrected chi connectivity index (χ2v) is 5.38. The van der Waals surface area contributed by atoms with Gasteiger partial charge in [0.2, 0.25) is 0 Å². The Balaban J connectivity index is 1.92. The van der Waals surface area contributed by atoms with Crippen molar-refractivity contribution in [2.75, 3.05) is 11.9 Å². The van der Waals surface area contributed by atoms with Crippen LogP contribution in [0.15, 0.2) is 42.5 Å². The number of hydrogen-bond donors (Lipinski definition) is 1. The lowest BCUT2D eigenvalue weighted by Crippen LogP contribution is -2.25. The highest BCUT2D eigenvalue weighted by atomic mass is 35.5. The molecule has 0 aromatic heterocycles. The highest BCUT2D eigenvalue weighted by molar-refractivity contribution is 6.31. The SMILES string of the molecule is CCC(CNc1ccc(F)c(Cl)c1)Oc1ccc(C)cc1. The molecular formula is C17H19ClFNO. The van der Waals surface area contributed by atoms with Crippen LogP contribution < -0.4 is 10.1 Å². The minimum absolute atomic E-state index is 0.0385. The molecule has 0 aliphatic rings. The Bertz CT molecular complexity index is 586. The quantitative estimate of drug-likeness (QED) is 0.805. The molecule has 0 spiro atoms. The van der Waals surface area contributed by atoms with Crippen LogP contribution in [-0.4, -0.2) is 12.6 Å². The first kappa shape index (κ1) is 15.6. The monoisotopic (exact) mass is 307 g/mol. The standard InChI is InChI=1S/C17H19ClFNO/c1-3-14(21-15-7-4-12(2)5-8-15)11-20-13-6-9-17(19)16(18)10-13/h4-10,14,20H,3,11H2,1-2H3. The van der Waals surface area contributed by atoms with E-state index in [1.165, 1.54) is 11.6 Å². The van der Waals surface area contributed by atoms with Crippen LogP contribution in [-0.2, 0) is 0 Å². The summed E-state index contributed by atoms with van der Waals surface area (Å²) in [6, 6.07) is 12.6. The highest BCUT2D eigenvalue weighted by Crippen LogP contribution is 2.20. The van der Waals surface area contributed by atoms with Crippen LogP contribution in [0.3, 0.4) is 0 Å². The van der Waals surface area contributed by atoms with E-state index in [0.29, 0.717) is 6.54 Å². The fourth-order valence-corrected chi connectivity index (χ4v) is 2.10. The summed E-state index contributed by atoms with van der Waals surface area (Å²) in [7, 11) is 0. The third kappa shape index (κ3) is 4.64. The van der Waals surface area contributed by atoms with E-state index < -0.39 is 5.82 Å². The summed E-state index contributed by atoms with van der Waals surface area (Å²) in [4.78, 5) is 0. The Hall–Kier alpha value is -1.74. The van der Waals surface area contributed by atoms with Gasteiger partial charge in [0.1, 0.15) is 17.7 Å². The van der Waals surface area contributed by atoms with E-state index in [9.17, 15) is 4.39 Å². The molecule has 0 saturated carbocycles. The van der Waals surface area contributed by atoms with Crippen LogP contribution >= 0.6 is 11.6 Å². The van der Waals surface area contributed by atoms with Crippen LogP contribution in [0.1, 0.15) is 18.9 Å². The Kier molecular flexibility index (Phi) is 5.45. The van der Waals surface area contributed by atoms with E-state index in [2.05, 4.69) is 12.2 Å². The molecule has 0 aliphatic carbocycles. The van der Waals surface area contributed by atoms with Crippen LogP contribution in [0.2, 0.25) is 5.02 Å². The summed E-state index contributed by atoms with van der Waals surface area (Å²) in [5.41, 5.74) is 1.99. The molecule has 0 radical (unpaired) electrons. The fraction of sp³-hybridized carbons (Fsp3) is 0.294. The van der Waals surface area contributed by atoms with Gasteiger partial charge in [0.05, 0.1) is 11.6 Å². The zero-order valence-electron chi connectivity index (χ0n) is 12.2. The molecule has 0 amide bonds. The lowest BCUT2D eigenvalue weighted by atomic mass is 10.2. The zero-order chi connectivity index (χ0) is 15.2.